The SMILES string of the molecule is CCN(CC(=O)O)C1CCN(C(=O)Cc2ccc3c(c2)CCC3)CC1. The second kappa shape index (κ2) is 8.00. The van der Waals surface area contributed by atoms with Crippen molar-refractivity contribution in [1.82, 2.24) is 9.80 Å². The van der Waals surface area contributed by atoms with E-state index in [1.54, 1.807) is 0 Å². The summed E-state index contributed by atoms with van der Waals surface area (Å²) in [4.78, 5) is 27.5. The molecule has 5 nitrogen and oxygen atoms in total. The molecule has 0 spiro atoms. The summed E-state index contributed by atoms with van der Waals surface area (Å²) in [5.74, 6) is -0.588. The van der Waals surface area contributed by atoms with Gasteiger partial charge in [-0.2, -0.15) is 0 Å². The maximum absolute atomic E-state index is 12.6. The zero-order valence-corrected chi connectivity index (χ0v) is 15.0. The molecule has 1 aliphatic heterocycles. The lowest BCUT2D eigenvalue weighted by atomic mass is 10.0. The van der Waals surface area contributed by atoms with E-state index in [-0.39, 0.29) is 18.5 Å². The molecule has 25 heavy (non-hydrogen) atoms. The van der Waals surface area contributed by atoms with E-state index in [4.69, 9.17) is 5.11 Å². The van der Waals surface area contributed by atoms with Crippen molar-refractivity contribution in [2.75, 3.05) is 26.2 Å². The van der Waals surface area contributed by atoms with Crippen LogP contribution in [-0.4, -0.2) is 59.0 Å². The molecule has 1 N–H and O–H groups in total. The number of nitrogens with zero attached hydrogens (tertiary/aromatic N) is 2. The number of fused-ring (bicyclic) bond motifs is 1. The van der Waals surface area contributed by atoms with Gasteiger partial charge >= 0.3 is 5.97 Å². The molecular formula is C20H28N2O3. The van der Waals surface area contributed by atoms with Gasteiger partial charge in [-0.3, -0.25) is 14.5 Å². The highest BCUT2D eigenvalue weighted by Crippen LogP contribution is 2.24. The number of carbonyl (C=O) groups is 2. The third-order valence-electron chi connectivity index (χ3n) is 5.60. The number of rotatable bonds is 6. The van der Waals surface area contributed by atoms with E-state index in [2.05, 4.69) is 18.2 Å². The molecule has 1 fully saturated rings. The first-order valence-electron chi connectivity index (χ1n) is 9.41. The normalized spacial score (nSPS) is 17.8. The van der Waals surface area contributed by atoms with Gasteiger partial charge in [0.15, 0.2) is 0 Å². The first-order valence-corrected chi connectivity index (χ1v) is 9.41. The summed E-state index contributed by atoms with van der Waals surface area (Å²) >= 11 is 0. The third-order valence-corrected chi connectivity index (χ3v) is 5.60. The van der Waals surface area contributed by atoms with Crippen LogP contribution in [0.25, 0.3) is 0 Å². The number of carboxylic acid groups (broad SMARTS) is 1. The minimum absolute atomic E-state index is 0.0875. The van der Waals surface area contributed by atoms with Crippen molar-refractivity contribution in [3.63, 3.8) is 0 Å². The van der Waals surface area contributed by atoms with Crippen LogP contribution in [0, 0.1) is 0 Å². The van der Waals surface area contributed by atoms with Crippen LogP contribution < -0.4 is 0 Å². The van der Waals surface area contributed by atoms with Crippen molar-refractivity contribution < 1.29 is 14.7 Å². The quantitative estimate of drug-likeness (QED) is 0.859. The first kappa shape index (κ1) is 17.9. The highest BCUT2D eigenvalue weighted by atomic mass is 16.4. The van der Waals surface area contributed by atoms with Crippen molar-refractivity contribution >= 4 is 11.9 Å². The summed E-state index contributed by atoms with van der Waals surface area (Å²) in [6.07, 6.45) is 5.73. The molecule has 0 radical (unpaired) electrons. The summed E-state index contributed by atoms with van der Waals surface area (Å²) in [6, 6.07) is 6.76. The number of aryl methyl sites for hydroxylation is 2. The molecule has 0 atom stereocenters. The lowest BCUT2D eigenvalue weighted by Gasteiger charge is -2.37. The maximum Gasteiger partial charge on any atom is 0.317 e. The summed E-state index contributed by atoms with van der Waals surface area (Å²) in [7, 11) is 0. The Morgan fingerprint density at radius 2 is 1.92 bits per heavy atom. The molecule has 3 rings (SSSR count). The predicted molar refractivity (Wildman–Crippen MR) is 96.7 cm³/mol. The van der Waals surface area contributed by atoms with E-state index < -0.39 is 5.97 Å². The van der Waals surface area contributed by atoms with E-state index in [0.717, 1.165) is 44.5 Å². The molecule has 0 aromatic heterocycles. The van der Waals surface area contributed by atoms with Gasteiger partial charge in [0.1, 0.15) is 0 Å². The average Bonchev–Trinajstić information content (AvgIpc) is 3.07. The molecule has 1 aromatic carbocycles. The van der Waals surface area contributed by atoms with Gasteiger partial charge < -0.3 is 10.0 Å². The molecule has 1 heterocycles. The number of hydrogen-bond donors (Lipinski definition) is 1. The largest absolute Gasteiger partial charge is 0.480 e. The molecule has 1 amide bonds. The molecule has 1 aromatic rings. The number of benzene rings is 1. The predicted octanol–water partition coefficient (Wildman–Crippen LogP) is 2.12. The van der Waals surface area contributed by atoms with E-state index in [1.807, 2.05) is 16.7 Å². The minimum Gasteiger partial charge on any atom is -0.480 e. The molecule has 5 heteroatoms. The number of amides is 1. The number of aliphatic carboxylic acids is 1. The topological polar surface area (TPSA) is 60.9 Å². The lowest BCUT2D eigenvalue weighted by molar-refractivity contribution is -0.140. The van der Waals surface area contributed by atoms with Gasteiger partial charge in [0.2, 0.25) is 5.91 Å². The first-order chi connectivity index (χ1) is 12.1. The van der Waals surface area contributed by atoms with Crippen LogP contribution in [0.2, 0.25) is 0 Å². The summed E-state index contributed by atoms with van der Waals surface area (Å²) < 4.78 is 0. The Hall–Kier alpha value is -1.88. The molecule has 2 aliphatic rings. The fourth-order valence-corrected chi connectivity index (χ4v) is 4.17. The fourth-order valence-electron chi connectivity index (χ4n) is 4.17. The van der Waals surface area contributed by atoms with Crippen molar-refractivity contribution in [3.8, 4) is 0 Å². The van der Waals surface area contributed by atoms with Gasteiger partial charge in [-0.25, -0.2) is 0 Å². The van der Waals surface area contributed by atoms with Crippen LogP contribution in [-0.2, 0) is 28.9 Å². The lowest BCUT2D eigenvalue weighted by Crippen LogP contribution is -2.48. The van der Waals surface area contributed by atoms with Crippen LogP contribution in [0.4, 0.5) is 0 Å². The van der Waals surface area contributed by atoms with Gasteiger partial charge in [-0.1, -0.05) is 25.1 Å². The highest BCUT2D eigenvalue weighted by Gasteiger charge is 2.27. The van der Waals surface area contributed by atoms with Crippen LogP contribution in [0.3, 0.4) is 0 Å². The number of piperidine rings is 1. The average molecular weight is 344 g/mol. The Bertz CT molecular complexity index is 636. The Balaban J connectivity index is 1.52. The van der Waals surface area contributed by atoms with Crippen molar-refractivity contribution in [2.24, 2.45) is 0 Å². The second-order valence-electron chi connectivity index (χ2n) is 7.20. The second-order valence-corrected chi connectivity index (χ2v) is 7.20. The molecule has 0 saturated carbocycles. The number of carboxylic acids is 1. The monoisotopic (exact) mass is 344 g/mol. The summed E-state index contributed by atoms with van der Waals surface area (Å²) in [6.45, 7) is 4.27. The van der Waals surface area contributed by atoms with E-state index in [9.17, 15) is 9.59 Å². The number of likely N-dealkylation sites (tertiary alicyclic amines) is 1. The highest BCUT2D eigenvalue weighted by molar-refractivity contribution is 5.79. The van der Waals surface area contributed by atoms with Crippen LogP contribution in [0.1, 0.15) is 42.9 Å². The third kappa shape index (κ3) is 4.40. The van der Waals surface area contributed by atoms with E-state index in [1.165, 1.54) is 24.0 Å². The zero-order valence-electron chi connectivity index (χ0n) is 15.0. The fraction of sp³-hybridized carbons (Fsp3) is 0.600. The van der Waals surface area contributed by atoms with Crippen molar-refractivity contribution in [2.45, 2.75) is 51.5 Å². The molecule has 1 saturated heterocycles. The Kier molecular flexibility index (Phi) is 5.74. The zero-order chi connectivity index (χ0) is 17.8. The van der Waals surface area contributed by atoms with Crippen LogP contribution in [0.15, 0.2) is 18.2 Å². The van der Waals surface area contributed by atoms with Gasteiger partial charge in [0.05, 0.1) is 13.0 Å². The number of hydrogen-bond acceptors (Lipinski definition) is 3. The summed E-state index contributed by atoms with van der Waals surface area (Å²) in [5.41, 5.74) is 3.97. The molecule has 0 bridgehead atoms. The van der Waals surface area contributed by atoms with Gasteiger partial charge in [-0.05, 0) is 55.3 Å². The maximum atomic E-state index is 12.6. The Morgan fingerprint density at radius 1 is 1.20 bits per heavy atom. The van der Waals surface area contributed by atoms with Crippen molar-refractivity contribution in [3.05, 3.63) is 34.9 Å². The minimum atomic E-state index is -0.781. The van der Waals surface area contributed by atoms with E-state index in [0.29, 0.717) is 6.42 Å². The van der Waals surface area contributed by atoms with Gasteiger partial charge in [0.25, 0.3) is 0 Å². The molecule has 0 unspecified atom stereocenters. The van der Waals surface area contributed by atoms with Gasteiger partial charge in [-0.15, -0.1) is 0 Å². The molecular weight excluding hydrogens is 316 g/mol. The van der Waals surface area contributed by atoms with Crippen molar-refractivity contribution in [1.29, 1.82) is 0 Å². The van der Waals surface area contributed by atoms with Crippen LogP contribution >= 0.6 is 0 Å². The van der Waals surface area contributed by atoms with Crippen LogP contribution in [0.5, 0.6) is 0 Å². The number of carbonyl (C=O) groups excluding carboxylic acids is 1. The Labute approximate surface area is 149 Å². The standard InChI is InChI=1S/C20H28N2O3/c1-2-21(14-20(24)25)18-8-10-22(11-9-18)19(23)13-15-6-7-16-4-3-5-17(16)12-15/h6-7,12,18H,2-5,8-11,13-14H2,1H3,(H,24,25). The Morgan fingerprint density at radius 3 is 2.60 bits per heavy atom. The number of likely N-dealkylation sites (N-methyl/N-ethyl adjacent to an activating group) is 1. The smallest absolute Gasteiger partial charge is 0.317 e. The van der Waals surface area contributed by atoms with E-state index >= 15 is 0 Å². The molecule has 136 valence electrons. The molecule has 1 aliphatic carbocycles. The van der Waals surface area contributed by atoms with Gasteiger partial charge in [0, 0.05) is 19.1 Å². The summed E-state index contributed by atoms with van der Waals surface area (Å²) in [5, 5.41) is 9.01.